The van der Waals surface area contributed by atoms with Crippen LogP contribution in [0.25, 0.3) is 0 Å². The maximum absolute atomic E-state index is 12.3. The van der Waals surface area contributed by atoms with Gasteiger partial charge in [-0.25, -0.2) is 0 Å². The van der Waals surface area contributed by atoms with Gasteiger partial charge in [-0.3, -0.25) is 4.79 Å². The Hall–Kier alpha value is -2.49. The summed E-state index contributed by atoms with van der Waals surface area (Å²) in [5.41, 5.74) is 1.39. The molecule has 21 heavy (non-hydrogen) atoms. The summed E-state index contributed by atoms with van der Waals surface area (Å²) in [7, 11) is 0. The fourth-order valence-electron chi connectivity index (χ4n) is 2.19. The number of phenolic OH excluding ortho intramolecular Hbond substituents is 2. The number of para-hydroxylation sites is 1. The van der Waals surface area contributed by atoms with Crippen molar-refractivity contribution in [3.8, 4) is 11.5 Å². The molecule has 0 aromatic heterocycles. The second kappa shape index (κ2) is 5.48. The fourth-order valence-corrected chi connectivity index (χ4v) is 2.19. The molecule has 0 radical (unpaired) electrons. The number of amides is 1. The summed E-state index contributed by atoms with van der Waals surface area (Å²) in [5, 5.41) is 22.3. The molecule has 0 unspecified atom stereocenters. The van der Waals surface area contributed by atoms with Crippen molar-refractivity contribution >= 4 is 11.6 Å². The molecule has 0 aliphatic rings. The van der Waals surface area contributed by atoms with Crippen molar-refractivity contribution in [2.45, 2.75) is 26.2 Å². The zero-order valence-corrected chi connectivity index (χ0v) is 12.3. The van der Waals surface area contributed by atoms with Gasteiger partial charge in [0.25, 0.3) is 5.91 Å². The van der Waals surface area contributed by atoms with Gasteiger partial charge in [-0.1, -0.05) is 45.0 Å². The minimum atomic E-state index is -0.540. The zero-order valence-electron chi connectivity index (χ0n) is 12.3. The van der Waals surface area contributed by atoms with Gasteiger partial charge in [-0.05, 0) is 29.2 Å². The number of benzene rings is 2. The lowest BCUT2D eigenvalue weighted by Crippen LogP contribution is -2.18. The van der Waals surface area contributed by atoms with Crippen molar-refractivity contribution in [3.63, 3.8) is 0 Å². The lowest BCUT2D eigenvalue weighted by atomic mass is 9.86. The average Bonchev–Trinajstić information content (AvgIpc) is 2.37. The molecular formula is C17H19NO3. The second-order valence-electron chi connectivity index (χ2n) is 5.92. The molecule has 0 saturated heterocycles. The predicted molar refractivity (Wildman–Crippen MR) is 82.9 cm³/mol. The van der Waals surface area contributed by atoms with Gasteiger partial charge in [0.15, 0.2) is 0 Å². The highest BCUT2D eigenvalue weighted by Gasteiger charge is 2.21. The fraction of sp³-hybridized carbons (Fsp3) is 0.235. The molecule has 0 aliphatic heterocycles. The second-order valence-corrected chi connectivity index (χ2v) is 5.92. The van der Waals surface area contributed by atoms with Crippen LogP contribution < -0.4 is 5.32 Å². The Labute approximate surface area is 124 Å². The van der Waals surface area contributed by atoms with E-state index in [-0.39, 0.29) is 22.5 Å². The zero-order chi connectivity index (χ0) is 15.6. The van der Waals surface area contributed by atoms with E-state index in [1.165, 1.54) is 18.2 Å². The van der Waals surface area contributed by atoms with Crippen LogP contribution in [-0.2, 0) is 5.41 Å². The van der Waals surface area contributed by atoms with Gasteiger partial charge in [-0.2, -0.15) is 0 Å². The van der Waals surface area contributed by atoms with E-state index in [4.69, 9.17) is 0 Å². The molecule has 0 aliphatic carbocycles. The molecule has 0 atom stereocenters. The molecular weight excluding hydrogens is 266 g/mol. The van der Waals surface area contributed by atoms with E-state index in [0.717, 1.165) is 5.56 Å². The van der Waals surface area contributed by atoms with Gasteiger partial charge in [-0.15, -0.1) is 0 Å². The van der Waals surface area contributed by atoms with Crippen molar-refractivity contribution in [2.24, 2.45) is 0 Å². The number of hydrogen-bond acceptors (Lipinski definition) is 3. The van der Waals surface area contributed by atoms with E-state index in [2.05, 4.69) is 26.1 Å². The van der Waals surface area contributed by atoms with E-state index >= 15 is 0 Å². The summed E-state index contributed by atoms with van der Waals surface area (Å²) >= 11 is 0. The Kier molecular flexibility index (Phi) is 3.89. The van der Waals surface area contributed by atoms with Crippen LogP contribution in [-0.4, -0.2) is 16.1 Å². The van der Waals surface area contributed by atoms with Gasteiger partial charge in [0, 0.05) is 5.69 Å². The summed E-state index contributed by atoms with van der Waals surface area (Å²) in [6, 6.07) is 11.7. The molecule has 2 aromatic carbocycles. The molecule has 4 heteroatoms. The molecule has 0 fully saturated rings. The number of rotatable bonds is 2. The summed E-state index contributed by atoms with van der Waals surface area (Å²) < 4.78 is 0. The monoisotopic (exact) mass is 285 g/mol. The first-order valence-electron chi connectivity index (χ1n) is 6.72. The maximum atomic E-state index is 12.3. The largest absolute Gasteiger partial charge is 0.507 e. The highest BCUT2D eigenvalue weighted by Crippen LogP contribution is 2.31. The van der Waals surface area contributed by atoms with Crippen LogP contribution in [0.5, 0.6) is 11.5 Å². The molecule has 0 saturated carbocycles. The molecule has 0 bridgehead atoms. The van der Waals surface area contributed by atoms with Crippen LogP contribution in [0.15, 0.2) is 42.5 Å². The average molecular weight is 285 g/mol. The molecule has 3 N–H and O–H groups in total. The smallest absolute Gasteiger partial charge is 0.263 e. The first kappa shape index (κ1) is 14.9. The Morgan fingerprint density at radius 2 is 1.52 bits per heavy atom. The summed E-state index contributed by atoms with van der Waals surface area (Å²) in [4.78, 5) is 12.3. The van der Waals surface area contributed by atoms with Gasteiger partial charge in [0.1, 0.15) is 17.1 Å². The number of carbonyl (C=O) groups is 1. The van der Waals surface area contributed by atoms with E-state index in [1.807, 2.05) is 18.2 Å². The van der Waals surface area contributed by atoms with Gasteiger partial charge < -0.3 is 15.5 Å². The van der Waals surface area contributed by atoms with Crippen LogP contribution in [0.2, 0.25) is 0 Å². The Balaban J connectivity index is 2.38. The van der Waals surface area contributed by atoms with Crippen LogP contribution in [0.4, 0.5) is 5.69 Å². The highest BCUT2D eigenvalue weighted by molar-refractivity contribution is 6.08. The van der Waals surface area contributed by atoms with Crippen LogP contribution in [0, 0.1) is 0 Å². The Morgan fingerprint density at radius 3 is 2.10 bits per heavy atom. The lowest BCUT2D eigenvalue weighted by Gasteiger charge is -2.23. The third-order valence-corrected chi connectivity index (χ3v) is 3.23. The molecule has 2 rings (SSSR count). The van der Waals surface area contributed by atoms with E-state index in [1.54, 1.807) is 6.07 Å². The predicted octanol–water partition coefficient (Wildman–Crippen LogP) is 3.65. The molecule has 110 valence electrons. The summed E-state index contributed by atoms with van der Waals surface area (Å²) in [5.74, 6) is -1.04. The first-order valence-corrected chi connectivity index (χ1v) is 6.72. The molecule has 4 nitrogen and oxygen atoms in total. The standard InChI is InChI=1S/C17H19NO3/c1-17(2,3)11-7-4-5-8-12(11)18-16(21)15-13(19)9-6-10-14(15)20/h4-10,19-20H,1-3H3,(H,18,21). The third-order valence-electron chi connectivity index (χ3n) is 3.23. The molecule has 0 heterocycles. The van der Waals surface area contributed by atoms with E-state index in [9.17, 15) is 15.0 Å². The van der Waals surface area contributed by atoms with Crippen molar-refractivity contribution < 1.29 is 15.0 Å². The third kappa shape index (κ3) is 3.16. The maximum Gasteiger partial charge on any atom is 0.263 e. The van der Waals surface area contributed by atoms with Crippen LogP contribution in [0.3, 0.4) is 0 Å². The van der Waals surface area contributed by atoms with Gasteiger partial charge in [0.2, 0.25) is 0 Å². The minimum Gasteiger partial charge on any atom is -0.507 e. The first-order chi connectivity index (χ1) is 9.80. The Morgan fingerprint density at radius 1 is 0.952 bits per heavy atom. The van der Waals surface area contributed by atoms with Crippen molar-refractivity contribution in [2.75, 3.05) is 5.32 Å². The van der Waals surface area contributed by atoms with Gasteiger partial charge >= 0.3 is 0 Å². The molecule has 1 amide bonds. The number of aromatic hydroxyl groups is 2. The van der Waals surface area contributed by atoms with Crippen molar-refractivity contribution in [3.05, 3.63) is 53.6 Å². The number of anilines is 1. The van der Waals surface area contributed by atoms with Crippen molar-refractivity contribution in [1.82, 2.24) is 0 Å². The minimum absolute atomic E-state index is 0.124. The van der Waals surface area contributed by atoms with Crippen LogP contribution in [0.1, 0.15) is 36.7 Å². The van der Waals surface area contributed by atoms with Gasteiger partial charge in [0.05, 0.1) is 0 Å². The number of hydrogen-bond donors (Lipinski definition) is 3. The molecule has 0 spiro atoms. The van der Waals surface area contributed by atoms with E-state index in [0.29, 0.717) is 5.69 Å². The van der Waals surface area contributed by atoms with Crippen molar-refractivity contribution in [1.29, 1.82) is 0 Å². The Bertz CT molecular complexity index is 652. The normalized spacial score (nSPS) is 11.2. The summed E-state index contributed by atoms with van der Waals surface area (Å²) in [6.07, 6.45) is 0. The van der Waals surface area contributed by atoms with Crippen LogP contribution >= 0.6 is 0 Å². The topological polar surface area (TPSA) is 69.6 Å². The van der Waals surface area contributed by atoms with E-state index < -0.39 is 5.91 Å². The highest BCUT2D eigenvalue weighted by atomic mass is 16.3. The SMILES string of the molecule is CC(C)(C)c1ccccc1NC(=O)c1c(O)cccc1O. The number of phenols is 2. The number of carbonyl (C=O) groups excluding carboxylic acids is 1. The number of nitrogens with one attached hydrogen (secondary N) is 1. The molecule has 2 aromatic rings. The summed E-state index contributed by atoms with van der Waals surface area (Å²) in [6.45, 7) is 6.15. The lowest BCUT2D eigenvalue weighted by molar-refractivity contribution is 0.102. The quantitative estimate of drug-likeness (QED) is 0.789.